The molecule has 4 N–H and O–H groups in total. The van der Waals surface area contributed by atoms with Gasteiger partial charge < -0.3 is 11.6 Å². The minimum atomic E-state index is 0.304. The molecule has 0 atom stereocenters. The molecule has 0 aliphatic heterocycles. The number of nitriles is 1. The van der Waals surface area contributed by atoms with Gasteiger partial charge in [-0.2, -0.15) is 5.26 Å². The fourth-order valence-corrected chi connectivity index (χ4v) is 1.82. The third-order valence-electron chi connectivity index (χ3n) is 2.65. The summed E-state index contributed by atoms with van der Waals surface area (Å²) >= 11 is 0. The average molecular weight is 212 g/mol. The Bertz CT molecular complexity index is 561. The standard InChI is InChI=1S/C12H12N4/c1-8-10(7-13)12(14)16(15)11(8)9-5-3-2-4-6-9/h2-6H,14-15H2,1H3. The number of anilines is 1. The van der Waals surface area contributed by atoms with Crippen LogP contribution in [0.3, 0.4) is 0 Å². The summed E-state index contributed by atoms with van der Waals surface area (Å²) in [5.74, 6) is 6.16. The van der Waals surface area contributed by atoms with Crippen LogP contribution in [0.15, 0.2) is 30.3 Å². The smallest absolute Gasteiger partial charge is 0.141 e. The second kappa shape index (κ2) is 3.63. The lowest BCUT2D eigenvalue weighted by atomic mass is 10.1. The van der Waals surface area contributed by atoms with Crippen LogP contribution in [0, 0.1) is 18.3 Å². The summed E-state index contributed by atoms with van der Waals surface area (Å²) in [5, 5.41) is 8.99. The zero-order chi connectivity index (χ0) is 11.7. The molecule has 0 aliphatic carbocycles. The second-order valence-electron chi connectivity index (χ2n) is 3.58. The van der Waals surface area contributed by atoms with Crippen molar-refractivity contribution in [3.05, 3.63) is 41.5 Å². The molecule has 2 aromatic rings. The summed E-state index contributed by atoms with van der Waals surface area (Å²) in [6, 6.07) is 11.7. The van der Waals surface area contributed by atoms with E-state index in [0.29, 0.717) is 11.4 Å². The van der Waals surface area contributed by atoms with E-state index in [0.717, 1.165) is 16.8 Å². The topological polar surface area (TPSA) is 80.8 Å². The third-order valence-corrected chi connectivity index (χ3v) is 2.65. The van der Waals surface area contributed by atoms with Crippen molar-refractivity contribution in [2.75, 3.05) is 11.6 Å². The van der Waals surface area contributed by atoms with E-state index in [4.69, 9.17) is 16.8 Å². The van der Waals surface area contributed by atoms with Gasteiger partial charge in [0.25, 0.3) is 0 Å². The second-order valence-corrected chi connectivity index (χ2v) is 3.58. The summed E-state index contributed by atoms with van der Waals surface area (Å²) in [5.41, 5.74) is 8.77. The van der Waals surface area contributed by atoms with Crippen molar-refractivity contribution in [3.8, 4) is 17.3 Å². The fraction of sp³-hybridized carbons (Fsp3) is 0.0833. The molecular weight excluding hydrogens is 200 g/mol. The van der Waals surface area contributed by atoms with Crippen molar-refractivity contribution in [2.24, 2.45) is 0 Å². The highest BCUT2D eigenvalue weighted by molar-refractivity contribution is 5.73. The van der Waals surface area contributed by atoms with Crippen LogP contribution < -0.4 is 11.6 Å². The number of nitrogens with zero attached hydrogens (tertiary/aromatic N) is 2. The van der Waals surface area contributed by atoms with Crippen LogP contribution >= 0.6 is 0 Å². The Morgan fingerprint density at radius 1 is 1.25 bits per heavy atom. The first-order chi connectivity index (χ1) is 7.66. The van der Waals surface area contributed by atoms with Gasteiger partial charge in [0.2, 0.25) is 0 Å². The molecule has 80 valence electrons. The molecule has 16 heavy (non-hydrogen) atoms. The van der Waals surface area contributed by atoms with Crippen LogP contribution in [0.1, 0.15) is 11.1 Å². The molecule has 0 aliphatic rings. The monoisotopic (exact) mass is 212 g/mol. The molecule has 0 saturated carbocycles. The van der Waals surface area contributed by atoms with E-state index in [1.165, 1.54) is 4.68 Å². The van der Waals surface area contributed by atoms with Crippen molar-refractivity contribution >= 4 is 5.82 Å². The molecule has 0 saturated heterocycles. The Kier molecular flexibility index (Phi) is 2.29. The zero-order valence-electron chi connectivity index (χ0n) is 8.94. The SMILES string of the molecule is Cc1c(C#N)c(N)n(N)c1-c1ccccc1. The van der Waals surface area contributed by atoms with Gasteiger partial charge in [-0.1, -0.05) is 30.3 Å². The third kappa shape index (κ3) is 1.30. The van der Waals surface area contributed by atoms with Gasteiger partial charge in [0.05, 0.1) is 11.3 Å². The molecule has 2 rings (SSSR count). The minimum Gasteiger partial charge on any atom is -0.383 e. The number of hydrogen-bond acceptors (Lipinski definition) is 3. The molecule has 0 spiro atoms. The lowest BCUT2D eigenvalue weighted by molar-refractivity contribution is 1.04. The largest absolute Gasteiger partial charge is 0.383 e. The van der Waals surface area contributed by atoms with Crippen molar-refractivity contribution < 1.29 is 0 Å². The lowest BCUT2D eigenvalue weighted by Gasteiger charge is -2.05. The number of nitrogen functional groups attached to an aromatic ring is 2. The highest BCUT2D eigenvalue weighted by atomic mass is 15.3. The van der Waals surface area contributed by atoms with E-state index < -0.39 is 0 Å². The minimum absolute atomic E-state index is 0.304. The van der Waals surface area contributed by atoms with E-state index in [1.54, 1.807) is 0 Å². The van der Waals surface area contributed by atoms with Gasteiger partial charge >= 0.3 is 0 Å². The van der Waals surface area contributed by atoms with Crippen molar-refractivity contribution in [3.63, 3.8) is 0 Å². The Hall–Kier alpha value is -2.41. The van der Waals surface area contributed by atoms with E-state index in [9.17, 15) is 0 Å². The van der Waals surface area contributed by atoms with E-state index >= 15 is 0 Å². The molecule has 0 fully saturated rings. The molecule has 1 aromatic carbocycles. The number of benzene rings is 1. The van der Waals surface area contributed by atoms with Crippen molar-refractivity contribution in [1.29, 1.82) is 5.26 Å². The maximum atomic E-state index is 8.99. The normalized spacial score (nSPS) is 10.0. The summed E-state index contributed by atoms with van der Waals surface area (Å²) in [4.78, 5) is 0. The predicted molar refractivity (Wildman–Crippen MR) is 63.9 cm³/mol. The molecule has 4 heteroatoms. The number of hydrogen-bond donors (Lipinski definition) is 2. The molecule has 1 aromatic heterocycles. The number of rotatable bonds is 1. The van der Waals surface area contributed by atoms with Crippen LogP contribution in [0.2, 0.25) is 0 Å². The maximum Gasteiger partial charge on any atom is 0.141 e. The van der Waals surface area contributed by atoms with E-state index in [2.05, 4.69) is 6.07 Å². The van der Waals surface area contributed by atoms with Crippen LogP contribution in [0.4, 0.5) is 5.82 Å². The van der Waals surface area contributed by atoms with E-state index in [-0.39, 0.29) is 0 Å². The first kappa shape index (κ1) is 10.1. The molecule has 0 amide bonds. The van der Waals surface area contributed by atoms with Crippen molar-refractivity contribution in [2.45, 2.75) is 6.92 Å². The summed E-state index contributed by atoms with van der Waals surface area (Å²) in [7, 11) is 0. The Morgan fingerprint density at radius 2 is 1.88 bits per heavy atom. The average Bonchev–Trinajstić information content (AvgIpc) is 2.51. The highest BCUT2D eigenvalue weighted by Gasteiger charge is 2.17. The Morgan fingerprint density at radius 3 is 2.38 bits per heavy atom. The van der Waals surface area contributed by atoms with Crippen LogP contribution in [0.5, 0.6) is 0 Å². The Labute approximate surface area is 93.7 Å². The van der Waals surface area contributed by atoms with Gasteiger partial charge in [-0.3, -0.25) is 0 Å². The van der Waals surface area contributed by atoms with Gasteiger partial charge in [-0.15, -0.1) is 0 Å². The van der Waals surface area contributed by atoms with Gasteiger partial charge in [-0.25, -0.2) is 4.68 Å². The first-order valence-electron chi connectivity index (χ1n) is 4.88. The molecule has 0 bridgehead atoms. The Balaban J connectivity index is 2.73. The van der Waals surface area contributed by atoms with Gasteiger partial charge in [0, 0.05) is 5.56 Å². The van der Waals surface area contributed by atoms with Crippen molar-refractivity contribution in [1.82, 2.24) is 4.68 Å². The maximum absolute atomic E-state index is 8.99. The molecule has 4 nitrogen and oxygen atoms in total. The quantitative estimate of drug-likeness (QED) is 0.705. The first-order valence-corrected chi connectivity index (χ1v) is 4.88. The highest BCUT2D eigenvalue weighted by Crippen LogP contribution is 2.30. The van der Waals surface area contributed by atoms with Gasteiger partial charge in [-0.05, 0) is 12.5 Å². The number of nitrogens with two attached hydrogens (primary N) is 2. The number of aromatic nitrogens is 1. The summed E-state index contributed by atoms with van der Waals surface area (Å²) in [6.45, 7) is 1.85. The summed E-state index contributed by atoms with van der Waals surface area (Å²) in [6.07, 6.45) is 0. The van der Waals surface area contributed by atoms with Gasteiger partial charge in [0.15, 0.2) is 0 Å². The molecule has 1 heterocycles. The van der Waals surface area contributed by atoms with E-state index in [1.807, 2.05) is 37.3 Å². The van der Waals surface area contributed by atoms with Gasteiger partial charge in [0.1, 0.15) is 11.9 Å². The zero-order valence-corrected chi connectivity index (χ0v) is 8.94. The summed E-state index contributed by atoms with van der Waals surface area (Å²) < 4.78 is 1.36. The van der Waals surface area contributed by atoms with Crippen LogP contribution in [0.25, 0.3) is 11.3 Å². The molecular formula is C12H12N4. The van der Waals surface area contributed by atoms with Crippen LogP contribution in [-0.4, -0.2) is 4.68 Å². The lowest BCUT2D eigenvalue weighted by Crippen LogP contribution is -2.13. The molecule has 0 radical (unpaired) electrons. The predicted octanol–water partition coefficient (Wildman–Crippen LogP) is 1.63. The van der Waals surface area contributed by atoms with Crippen LogP contribution in [-0.2, 0) is 0 Å². The fourth-order valence-electron chi connectivity index (χ4n) is 1.82. The molecule has 0 unspecified atom stereocenters.